The largest absolute Gasteiger partial charge is 0.458 e. The number of esters is 1. The Hall–Kier alpha value is -3.88. The summed E-state index contributed by atoms with van der Waals surface area (Å²) in [6, 6.07) is 12.9. The number of aryl methyl sites for hydroxylation is 2. The fraction of sp³-hybridized carbons (Fsp3) is 0.529. The first-order valence-electron chi connectivity index (χ1n) is 14.9. The summed E-state index contributed by atoms with van der Waals surface area (Å²) in [5, 5.41) is 5.43. The minimum Gasteiger partial charge on any atom is -0.458 e. The third kappa shape index (κ3) is 12.1. The van der Waals surface area contributed by atoms with Gasteiger partial charge >= 0.3 is 12.1 Å². The molecule has 0 heterocycles. The molecule has 2 aromatic carbocycles. The maximum absolute atomic E-state index is 14.2. The van der Waals surface area contributed by atoms with Crippen LogP contribution in [-0.4, -0.2) is 59.1 Å². The quantitative estimate of drug-likeness (QED) is 0.310. The van der Waals surface area contributed by atoms with Gasteiger partial charge < -0.3 is 25.0 Å². The molecule has 0 radical (unpaired) electrons. The van der Waals surface area contributed by atoms with Crippen LogP contribution in [0.2, 0.25) is 0 Å². The highest BCUT2D eigenvalue weighted by Gasteiger charge is 2.35. The van der Waals surface area contributed by atoms with Gasteiger partial charge in [0.2, 0.25) is 11.8 Å². The van der Waals surface area contributed by atoms with Crippen molar-refractivity contribution in [2.75, 3.05) is 13.1 Å². The molecule has 9 heteroatoms. The van der Waals surface area contributed by atoms with Gasteiger partial charge in [-0.2, -0.15) is 0 Å². The average molecular weight is 596 g/mol. The number of unbranched alkanes of at least 4 members (excludes halogenated alkanes) is 1. The summed E-state index contributed by atoms with van der Waals surface area (Å²) in [5.41, 5.74) is 1.95. The summed E-state index contributed by atoms with van der Waals surface area (Å²) >= 11 is 0. The number of ether oxygens (including phenoxy) is 2. The van der Waals surface area contributed by atoms with Crippen molar-refractivity contribution in [3.8, 4) is 0 Å². The van der Waals surface area contributed by atoms with Crippen LogP contribution in [-0.2, 0) is 30.3 Å². The summed E-state index contributed by atoms with van der Waals surface area (Å²) in [5.74, 6) is -1.53. The van der Waals surface area contributed by atoms with Gasteiger partial charge in [0.15, 0.2) is 0 Å². The molecule has 0 saturated heterocycles. The van der Waals surface area contributed by atoms with Gasteiger partial charge in [-0.3, -0.25) is 9.59 Å². The maximum Gasteiger partial charge on any atom is 0.408 e. The topological polar surface area (TPSA) is 114 Å². The Labute approximate surface area is 256 Å². The molecule has 0 aromatic heterocycles. The van der Waals surface area contributed by atoms with Crippen molar-refractivity contribution >= 4 is 23.9 Å². The zero-order valence-electron chi connectivity index (χ0n) is 27.2. The van der Waals surface area contributed by atoms with Crippen LogP contribution in [0.25, 0.3) is 0 Å². The summed E-state index contributed by atoms with van der Waals surface area (Å²) in [6.07, 6.45) is 0.895. The van der Waals surface area contributed by atoms with Crippen LogP contribution >= 0.6 is 0 Å². The molecule has 0 bridgehead atoms. The summed E-state index contributed by atoms with van der Waals surface area (Å²) in [7, 11) is 0. The van der Waals surface area contributed by atoms with E-state index in [0.717, 1.165) is 23.1 Å². The van der Waals surface area contributed by atoms with E-state index in [0.29, 0.717) is 12.0 Å². The van der Waals surface area contributed by atoms with E-state index in [4.69, 9.17) is 9.47 Å². The SMILES string of the molecule is CCCCN(C(=O)CNC(=O)OC(C)(C)C)C(C(=O)NC(Cc1ccccc1)C(=O)OC(C)(C)C)c1ccc(C)c(C)c1. The number of hydrogen-bond donors (Lipinski definition) is 2. The number of alkyl carbamates (subject to hydrolysis) is 1. The van der Waals surface area contributed by atoms with Crippen molar-refractivity contribution in [3.05, 3.63) is 70.8 Å². The molecule has 0 aliphatic rings. The van der Waals surface area contributed by atoms with E-state index in [-0.39, 0.29) is 19.5 Å². The number of carbonyl (C=O) groups excluding carboxylic acids is 4. The van der Waals surface area contributed by atoms with E-state index in [2.05, 4.69) is 10.6 Å². The highest BCUT2D eigenvalue weighted by atomic mass is 16.6. The van der Waals surface area contributed by atoms with Crippen LogP contribution in [0, 0.1) is 13.8 Å². The van der Waals surface area contributed by atoms with Crippen LogP contribution < -0.4 is 10.6 Å². The van der Waals surface area contributed by atoms with Gasteiger partial charge in [-0.25, -0.2) is 9.59 Å². The van der Waals surface area contributed by atoms with Crippen LogP contribution in [0.5, 0.6) is 0 Å². The molecule has 0 spiro atoms. The van der Waals surface area contributed by atoms with Gasteiger partial charge in [-0.15, -0.1) is 0 Å². The monoisotopic (exact) mass is 595 g/mol. The Balaban J connectivity index is 2.49. The molecule has 2 rings (SSSR count). The normalized spacial score (nSPS) is 13.0. The second kappa shape index (κ2) is 15.5. The van der Waals surface area contributed by atoms with E-state index >= 15 is 0 Å². The van der Waals surface area contributed by atoms with Crippen molar-refractivity contribution in [1.29, 1.82) is 0 Å². The number of nitrogens with zero attached hydrogens (tertiary/aromatic N) is 1. The van der Waals surface area contributed by atoms with E-state index in [1.165, 1.54) is 4.90 Å². The fourth-order valence-electron chi connectivity index (χ4n) is 4.36. The Morgan fingerprint density at radius 3 is 2.05 bits per heavy atom. The Morgan fingerprint density at radius 1 is 0.860 bits per heavy atom. The highest BCUT2D eigenvalue weighted by Crippen LogP contribution is 2.25. The Bertz CT molecular complexity index is 1250. The van der Waals surface area contributed by atoms with Gasteiger partial charge in [0.25, 0.3) is 0 Å². The molecule has 0 fully saturated rings. The average Bonchev–Trinajstić information content (AvgIpc) is 2.89. The molecule has 2 N–H and O–H groups in total. The lowest BCUT2D eigenvalue weighted by Gasteiger charge is -2.33. The molecule has 0 aliphatic carbocycles. The standard InChI is InChI=1S/C34H49N3O6/c1-10-11-19-37(28(38)22-35-32(41)43-34(7,8)9)29(26-18-17-23(2)24(3)20-26)30(39)36-27(31(40)42-33(4,5)6)21-25-15-13-12-14-16-25/h12-18,20,27,29H,10-11,19,21-22H2,1-9H3,(H,35,41)(H,36,39). The smallest absolute Gasteiger partial charge is 0.408 e. The zero-order valence-corrected chi connectivity index (χ0v) is 27.2. The molecule has 2 unspecified atom stereocenters. The number of benzene rings is 2. The summed E-state index contributed by atoms with van der Waals surface area (Å²) in [4.78, 5) is 55.0. The maximum atomic E-state index is 14.2. The second-order valence-corrected chi connectivity index (χ2v) is 12.8. The summed E-state index contributed by atoms with van der Waals surface area (Å²) in [6.45, 7) is 16.3. The summed E-state index contributed by atoms with van der Waals surface area (Å²) < 4.78 is 11.0. The molecule has 3 amide bonds. The van der Waals surface area contributed by atoms with Crippen LogP contribution in [0.1, 0.15) is 89.6 Å². The molecular weight excluding hydrogens is 546 g/mol. The lowest BCUT2D eigenvalue weighted by atomic mass is 9.97. The number of hydrogen-bond acceptors (Lipinski definition) is 6. The van der Waals surface area contributed by atoms with Crippen LogP contribution in [0.4, 0.5) is 4.79 Å². The lowest BCUT2D eigenvalue weighted by Crippen LogP contribution is -2.52. The first-order chi connectivity index (χ1) is 20.0. The van der Waals surface area contributed by atoms with Crippen LogP contribution in [0.15, 0.2) is 48.5 Å². The molecule has 236 valence electrons. The molecule has 2 atom stereocenters. The van der Waals surface area contributed by atoms with Gasteiger partial charge in [-0.05, 0) is 84.1 Å². The molecule has 9 nitrogen and oxygen atoms in total. The Kier molecular flexibility index (Phi) is 12.8. The predicted molar refractivity (Wildman–Crippen MR) is 167 cm³/mol. The van der Waals surface area contributed by atoms with Crippen molar-refractivity contribution < 1.29 is 28.7 Å². The Morgan fingerprint density at radius 2 is 1.49 bits per heavy atom. The first-order valence-corrected chi connectivity index (χ1v) is 14.9. The third-order valence-electron chi connectivity index (χ3n) is 6.55. The van der Waals surface area contributed by atoms with Gasteiger partial charge in [0, 0.05) is 13.0 Å². The predicted octanol–water partition coefficient (Wildman–Crippen LogP) is 5.57. The second-order valence-electron chi connectivity index (χ2n) is 12.8. The number of rotatable bonds is 12. The number of carbonyl (C=O) groups is 4. The van der Waals surface area contributed by atoms with E-state index in [9.17, 15) is 19.2 Å². The lowest BCUT2D eigenvalue weighted by molar-refractivity contribution is -0.159. The molecule has 0 saturated carbocycles. The number of nitrogens with one attached hydrogen (secondary N) is 2. The molecule has 43 heavy (non-hydrogen) atoms. The molecule has 0 aliphatic heterocycles. The first kappa shape index (κ1) is 35.3. The van der Waals surface area contributed by atoms with Crippen molar-refractivity contribution in [1.82, 2.24) is 15.5 Å². The molecular formula is C34H49N3O6. The van der Waals surface area contributed by atoms with E-state index in [1.807, 2.05) is 69.3 Å². The highest BCUT2D eigenvalue weighted by molar-refractivity contribution is 5.93. The van der Waals surface area contributed by atoms with Crippen molar-refractivity contribution in [3.63, 3.8) is 0 Å². The van der Waals surface area contributed by atoms with Gasteiger partial charge in [-0.1, -0.05) is 61.9 Å². The fourth-order valence-corrected chi connectivity index (χ4v) is 4.36. The van der Waals surface area contributed by atoms with Crippen molar-refractivity contribution in [2.24, 2.45) is 0 Å². The third-order valence-corrected chi connectivity index (χ3v) is 6.55. The van der Waals surface area contributed by atoms with Crippen molar-refractivity contribution in [2.45, 2.75) is 105 Å². The zero-order chi connectivity index (χ0) is 32.4. The van der Waals surface area contributed by atoms with Gasteiger partial charge in [0.05, 0.1) is 0 Å². The molecule has 2 aromatic rings. The van der Waals surface area contributed by atoms with Gasteiger partial charge in [0.1, 0.15) is 29.8 Å². The minimum absolute atomic E-state index is 0.213. The van der Waals surface area contributed by atoms with E-state index < -0.39 is 47.2 Å². The van der Waals surface area contributed by atoms with E-state index in [1.54, 1.807) is 41.5 Å². The number of amides is 3. The van der Waals surface area contributed by atoms with Crippen LogP contribution in [0.3, 0.4) is 0 Å². The minimum atomic E-state index is -1.06.